The van der Waals surface area contributed by atoms with Crippen LogP contribution in [0.3, 0.4) is 0 Å². The van der Waals surface area contributed by atoms with E-state index in [-0.39, 0.29) is 0 Å². The Hall–Kier alpha value is -1.56. The van der Waals surface area contributed by atoms with Crippen LogP contribution in [0.4, 0.5) is 18.9 Å². The number of thiazole rings is 1. The van der Waals surface area contributed by atoms with Crippen molar-refractivity contribution in [3.63, 3.8) is 0 Å². The average molecular weight is 300 g/mol. The zero-order valence-electron chi connectivity index (χ0n) is 11.4. The maximum Gasteiger partial charge on any atom is 0.416 e. The highest BCUT2D eigenvalue weighted by atomic mass is 32.1. The molecular formula is C14H15F3N2S. The first-order valence-corrected chi connectivity index (χ1v) is 6.93. The molecule has 0 saturated heterocycles. The summed E-state index contributed by atoms with van der Waals surface area (Å²) in [7, 11) is 0. The standard InChI is InChI=1S/C14H15F3N2S/c1-8-4-5-11(14(15,16)17)6-12(8)18-7-13-19-9(2)10(3)20-13/h4-6,18H,7H2,1-3H3. The van der Waals surface area contributed by atoms with Crippen molar-refractivity contribution in [2.75, 3.05) is 5.32 Å². The molecule has 2 aromatic rings. The van der Waals surface area contributed by atoms with E-state index in [0.29, 0.717) is 12.2 Å². The first kappa shape index (κ1) is 14.8. The third-order valence-corrected chi connectivity index (χ3v) is 4.14. The molecule has 0 unspecified atom stereocenters. The van der Waals surface area contributed by atoms with Gasteiger partial charge < -0.3 is 5.32 Å². The second-order valence-electron chi connectivity index (χ2n) is 4.63. The molecule has 0 amide bonds. The van der Waals surface area contributed by atoms with Crippen LogP contribution in [-0.4, -0.2) is 4.98 Å². The van der Waals surface area contributed by atoms with Crippen molar-refractivity contribution in [1.29, 1.82) is 0 Å². The molecule has 0 atom stereocenters. The van der Waals surface area contributed by atoms with Crippen molar-refractivity contribution >= 4 is 17.0 Å². The lowest BCUT2D eigenvalue weighted by atomic mass is 10.1. The minimum absolute atomic E-state index is 0.432. The Morgan fingerprint density at radius 2 is 1.90 bits per heavy atom. The fourth-order valence-electron chi connectivity index (χ4n) is 1.77. The van der Waals surface area contributed by atoms with Gasteiger partial charge in [-0.05, 0) is 38.5 Å². The Morgan fingerprint density at radius 3 is 2.45 bits per heavy atom. The van der Waals surface area contributed by atoms with E-state index < -0.39 is 11.7 Å². The number of aromatic nitrogens is 1. The Kier molecular flexibility index (Phi) is 4.04. The van der Waals surface area contributed by atoms with Gasteiger partial charge in [0.1, 0.15) is 5.01 Å². The summed E-state index contributed by atoms with van der Waals surface area (Å²) in [5.41, 5.74) is 1.60. The fraction of sp³-hybridized carbons (Fsp3) is 0.357. The summed E-state index contributed by atoms with van der Waals surface area (Å²) in [6.45, 7) is 6.11. The molecule has 0 bridgehead atoms. The first-order valence-electron chi connectivity index (χ1n) is 6.12. The first-order chi connectivity index (χ1) is 9.27. The molecule has 2 rings (SSSR count). The third kappa shape index (κ3) is 3.30. The summed E-state index contributed by atoms with van der Waals surface area (Å²) in [5.74, 6) is 0. The number of benzene rings is 1. The second-order valence-corrected chi connectivity index (χ2v) is 5.92. The van der Waals surface area contributed by atoms with E-state index in [2.05, 4.69) is 10.3 Å². The minimum Gasteiger partial charge on any atom is -0.378 e. The van der Waals surface area contributed by atoms with E-state index in [4.69, 9.17) is 0 Å². The molecule has 0 aliphatic rings. The molecule has 0 radical (unpaired) electrons. The number of nitrogens with zero attached hydrogens (tertiary/aromatic N) is 1. The van der Waals surface area contributed by atoms with E-state index in [1.54, 1.807) is 18.3 Å². The van der Waals surface area contributed by atoms with E-state index >= 15 is 0 Å². The van der Waals surface area contributed by atoms with Crippen molar-refractivity contribution in [3.05, 3.63) is 44.9 Å². The van der Waals surface area contributed by atoms with Gasteiger partial charge in [0.15, 0.2) is 0 Å². The Labute approximate surface area is 119 Å². The van der Waals surface area contributed by atoms with Crippen LogP contribution >= 0.6 is 11.3 Å². The van der Waals surface area contributed by atoms with Gasteiger partial charge in [0.05, 0.1) is 17.8 Å². The highest BCUT2D eigenvalue weighted by molar-refractivity contribution is 7.11. The number of alkyl halides is 3. The SMILES string of the molecule is Cc1ccc(C(F)(F)F)cc1NCc1nc(C)c(C)s1. The normalized spacial score (nSPS) is 11.7. The smallest absolute Gasteiger partial charge is 0.378 e. The molecule has 0 fully saturated rings. The van der Waals surface area contributed by atoms with Gasteiger partial charge in [-0.3, -0.25) is 0 Å². The Balaban J connectivity index is 2.16. The number of hydrogen-bond donors (Lipinski definition) is 1. The highest BCUT2D eigenvalue weighted by Crippen LogP contribution is 2.32. The number of hydrogen-bond acceptors (Lipinski definition) is 3. The number of nitrogens with one attached hydrogen (secondary N) is 1. The molecule has 0 aliphatic carbocycles. The quantitative estimate of drug-likeness (QED) is 0.888. The van der Waals surface area contributed by atoms with Crippen LogP contribution in [0.1, 0.15) is 26.7 Å². The maximum atomic E-state index is 12.7. The van der Waals surface area contributed by atoms with Gasteiger partial charge in [-0.15, -0.1) is 11.3 Å². The molecule has 1 aromatic heterocycles. The van der Waals surface area contributed by atoms with Gasteiger partial charge >= 0.3 is 6.18 Å². The lowest BCUT2D eigenvalue weighted by Gasteiger charge is -2.12. The lowest BCUT2D eigenvalue weighted by molar-refractivity contribution is -0.137. The minimum atomic E-state index is -4.32. The van der Waals surface area contributed by atoms with Crippen LogP contribution in [0.25, 0.3) is 0 Å². The molecule has 1 heterocycles. The van der Waals surface area contributed by atoms with Crippen LogP contribution in [0, 0.1) is 20.8 Å². The zero-order valence-corrected chi connectivity index (χ0v) is 12.2. The number of rotatable bonds is 3. The number of aryl methyl sites for hydroxylation is 3. The molecule has 0 aliphatic heterocycles. The van der Waals surface area contributed by atoms with Crippen molar-refractivity contribution in [2.45, 2.75) is 33.5 Å². The zero-order chi connectivity index (χ0) is 14.9. The molecule has 108 valence electrons. The lowest BCUT2D eigenvalue weighted by Crippen LogP contribution is -2.07. The molecule has 2 nitrogen and oxygen atoms in total. The van der Waals surface area contributed by atoms with Crippen molar-refractivity contribution in [3.8, 4) is 0 Å². The predicted octanol–water partition coefficient (Wildman–Crippen LogP) is 4.70. The fourth-order valence-corrected chi connectivity index (χ4v) is 2.65. The second kappa shape index (κ2) is 5.44. The highest BCUT2D eigenvalue weighted by Gasteiger charge is 2.30. The third-order valence-electron chi connectivity index (χ3n) is 3.07. The molecule has 0 spiro atoms. The van der Waals surface area contributed by atoms with Crippen LogP contribution in [0.2, 0.25) is 0 Å². The summed E-state index contributed by atoms with van der Waals surface area (Å²) < 4.78 is 38.0. The Bertz CT molecular complexity index is 598. The monoisotopic (exact) mass is 300 g/mol. The van der Waals surface area contributed by atoms with Crippen LogP contribution in [0.5, 0.6) is 0 Å². The predicted molar refractivity (Wildman–Crippen MR) is 75.1 cm³/mol. The van der Waals surface area contributed by atoms with Crippen LogP contribution in [-0.2, 0) is 12.7 Å². The molecule has 1 N–H and O–H groups in total. The molecular weight excluding hydrogens is 285 g/mol. The van der Waals surface area contributed by atoms with Gasteiger partial charge in [-0.25, -0.2) is 4.98 Å². The summed E-state index contributed by atoms with van der Waals surface area (Å²) in [5, 5.41) is 3.90. The Morgan fingerprint density at radius 1 is 1.20 bits per heavy atom. The van der Waals surface area contributed by atoms with Crippen LogP contribution < -0.4 is 5.32 Å². The van der Waals surface area contributed by atoms with Gasteiger partial charge in [-0.2, -0.15) is 13.2 Å². The molecule has 0 saturated carbocycles. The van der Waals surface area contributed by atoms with E-state index in [9.17, 15) is 13.2 Å². The topological polar surface area (TPSA) is 24.9 Å². The van der Waals surface area contributed by atoms with Crippen LogP contribution in [0.15, 0.2) is 18.2 Å². The largest absolute Gasteiger partial charge is 0.416 e. The van der Waals surface area contributed by atoms with Gasteiger partial charge in [0, 0.05) is 10.6 Å². The van der Waals surface area contributed by atoms with E-state index in [1.165, 1.54) is 6.07 Å². The number of anilines is 1. The average Bonchev–Trinajstić information content (AvgIpc) is 2.66. The molecule has 1 aromatic carbocycles. The number of halogens is 3. The van der Waals surface area contributed by atoms with Crippen molar-refractivity contribution in [2.24, 2.45) is 0 Å². The summed E-state index contributed by atoms with van der Waals surface area (Å²) in [4.78, 5) is 5.49. The van der Waals surface area contributed by atoms with Crippen molar-refractivity contribution < 1.29 is 13.2 Å². The van der Waals surface area contributed by atoms with Gasteiger partial charge in [0.2, 0.25) is 0 Å². The molecule has 20 heavy (non-hydrogen) atoms. The van der Waals surface area contributed by atoms with Crippen molar-refractivity contribution in [1.82, 2.24) is 4.98 Å². The van der Waals surface area contributed by atoms with E-state index in [0.717, 1.165) is 33.3 Å². The summed E-state index contributed by atoms with van der Waals surface area (Å²) >= 11 is 1.55. The van der Waals surface area contributed by atoms with Gasteiger partial charge in [0.25, 0.3) is 0 Å². The van der Waals surface area contributed by atoms with E-state index in [1.807, 2.05) is 13.8 Å². The molecule has 6 heteroatoms. The summed E-state index contributed by atoms with van der Waals surface area (Å²) in [6.07, 6.45) is -4.32. The van der Waals surface area contributed by atoms with Gasteiger partial charge in [-0.1, -0.05) is 6.07 Å². The summed E-state index contributed by atoms with van der Waals surface area (Å²) in [6, 6.07) is 3.71. The maximum absolute atomic E-state index is 12.7.